The Balaban J connectivity index is 1.63. The first-order valence-electron chi connectivity index (χ1n) is 7.86. The molecule has 20 heavy (non-hydrogen) atoms. The number of likely N-dealkylation sites (tertiary alicyclic amines) is 1. The van der Waals surface area contributed by atoms with Gasteiger partial charge in [0, 0.05) is 25.7 Å². The number of hydrogen-bond donors (Lipinski definition) is 2. The van der Waals surface area contributed by atoms with E-state index in [1.54, 1.807) is 0 Å². The number of carbonyl (C=O) groups is 1. The Morgan fingerprint density at radius 1 is 1.35 bits per heavy atom. The summed E-state index contributed by atoms with van der Waals surface area (Å²) in [4.78, 5) is 13.8. The lowest BCUT2D eigenvalue weighted by Gasteiger charge is -2.24. The van der Waals surface area contributed by atoms with Gasteiger partial charge in [-0.3, -0.25) is 0 Å². The van der Waals surface area contributed by atoms with Crippen molar-refractivity contribution in [2.75, 3.05) is 32.7 Å². The molecule has 5 heteroatoms. The first kappa shape index (κ1) is 15.6. The van der Waals surface area contributed by atoms with Crippen LogP contribution in [0.3, 0.4) is 0 Å². The van der Waals surface area contributed by atoms with Gasteiger partial charge in [-0.25, -0.2) is 4.79 Å². The fourth-order valence-electron chi connectivity index (χ4n) is 2.88. The predicted octanol–water partition coefficient (Wildman–Crippen LogP) is 1.58. The van der Waals surface area contributed by atoms with Gasteiger partial charge in [0.05, 0.1) is 0 Å². The SMILES string of the molecule is CC(C)(C)OC(=O)N1CCC(CNCC2CCCN2)C1. The molecule has 0 saturated carbocycles. The number of nitrogens with zero attached hydrogens (tertiary/aromatic N) is 1. The second-order valence-electron chi connectivity index (χ2n) is 7.03. The van der Waals surface area contributed by atoms with Crippen molar-refractivity contribution < 1.29 is 9.53 Å². The van der Waals surface area contributed by atoms with Crippen molar-refractivity contribution >= 4 is 6.09 Å². The Kier molecular flexibility index (Phi) is 5.27. The van der Waals surface area contributed by atoms with Crippen molar-refractivity contribution in [3.8, 4) is 0 Å². The van der Waals surface area contributed by atoms with Crippen molar-refractivity contribution in [3.05, 3.63) is 0 Å². The van der Waals surface area contributed by atoms with Crippen molar-refractivity contribution in [3.63, 3.8) is 0 Å². The fraction of sp³-hybridized carbons (Fsp3) is 0.933. The zero-order valence-electron chi connectivity index (χ0n) is 13.1. The molecule has 5 nitrogen and oxygen atoms in total. The highest BCUT2D eigenvalue weighted by molar-refractivity contribution is 5.68. The third kappa shape index (κ3) is 4.94. The summed E-state index contributed by atoms with van der Waals surface area (Å²) in [7, 11) is 0. The van der Waals surface area contributed by atoms with Crippen molar-refractivity contribution in [1.29, 1.82) is 0 Å². The van der Waals surface area contributed by atoms with E-state index in [1.165, 1.54) is 12.8 Å². The molecule has 0 aliphatic carbocycles. The van der Waals surface area contributed by atoms with Crippen LogP contribution < -0.4 is 10.6 Å². The number of hydrogen-bond acceptors (Lipinski definition) is 4. The fourth-order valence-corrected chi connectivity index (χ4v) is 2.88. The number of amides is 1. The maximum Gasteiger partial charge on any atom is 0.410 e. The maximum absolute atomic E-state index is 12.0. The van der Waals surface area contributed by atoms with Gasteiger partial charge in [0.25, 0.3) is 0 Å². The van der Waals surface area contributed by atoms with E-state index < -0.39 is 5.60 Å². The average Bonchev–Trinajstić information content (AvgIpc) is 2.97. The summed E-state index contributed by atoms with van der Waals surface area (Å²) in [5.41, 5.74) is -0.401. The molecule has 2 heterocycles. The largest absolute Gasteiger partial charge is 0.444 e. The van der Waals surface area contributed by atoms with E-state index >= 15 is 0 Å². The molecule has 2 rings (SSSR count). The summed E-state index contributed by atoms with van der Waals surface area (Å²) in [5, 5.41) is 7.02. The van der Waals surface area contributed by atoms with E-state index in [0.717, 1.165) is 39.1 Å². The molecule has 2 aliphatic rings. The first-order chi connectivity index (χ1) is 9.44. The van der Waals surface area contributed by atoms with E-state index in [0.29, 0.717) is 12.0 Å². The molecule has 2 aliphatic heterocycles. The minimum Gasteiger partial charge on any atom is -0.444 e. The van der Waals surface area contributed by atoms with Crippen LogP contribution in [-0.2, 0) is 4.74 Å². The number of rotatable bonds is 4. The molecule has 2 saturated heterocycles. The number of carbonyl (C=O) groups excluding carboxylic acids is 1. The Bertz CT molecular complexity index is 322. The highest BCUT2D eigenvalue weighted by Crippen LogP contribution is 2.19. The van der Waals surface area contributed by atoms with Crippen LogP contribution in [0.15, 0.2) is 0 Å². The topological polar surface area (TPSA) is 53.6 Å². The van der Waals surface area contributed by atoms with Crippen molar-refractivity contribution in [1.82, 2.24) is 15.5 Å². The summed E-state index contributed by atoms with van der Waals surface area (Å²) in [6.45, 7) is 10.6. The van der Waals surface area contributed by atoms with E-state index in [9.17, 15) is 4.79 Å². The summed E-state index contributed by atoms with van der Waals surface area (Å²) in [5.74, 6) is 0.559. The molecule has 2 N–H and O–H groups in total. The Labute approximate surface area is 122 Å². The molecule has 0 spiro atoms. The molecule has 0 aromatic carbocycles. The second-order valence-corrected chi connectivity index (χ2v) is 7.03. The van der Waals surface area contributed by atoms with Crippen LogP contribution >= 0.6 is 0 Å². The lowest BCUT2D eigenvalue weighted by molar-refractivity contribution is 0.0288. The third-order valence-electron chi connectivity index (χ3n) is 3.92. The Hall–Kier alpha value is -0.810. The molecule has 0 bridgehead atoms. The zero-order chi connectivity index (χ0) is 14.6. The van der Waals surface area contributed by atoms with Crippen LogP contribution in [0.2, 0.25) is 0 Å². The van der Waals surface area contributed by atoms with Gasteiger partial charge in [-0.2, -0.15) is 0 Å². The highest BCUT2D eigenvalue weighted by atomic mass is 16.6. The molecule has 2 fully saturated rings. The normalized spacial score (nSPS) is 27.1. The van der Waals surface area contributed by atoms with Gasteiger partial charge < -0.3 is 20.3 Å². The van der Waals surface area contributed by atoms with Gasteiger partial charge >= 0.3 is 6.09 Å². The molecule has 2 atom stereocenters. The van der Waals surface area contributed by atoms with Gasteiger partial charge in [-0.05, 0) is 59.0 Å². The summed E-state index contributed by atoms with van der Waals surface area (Å²) < 4.78 is 5.41. The lowest BCUT2D eigenvalue weighted by Crippen LogP contribution is -2.38. The molecular weight excluding hydrogens is 254 g/mol. The molecule has 0 aromatic rings. The second kappa shape index (κ2) is 6.76. The highest BCUT2D eigenvalue weighted by Gasteiger charge is 2.29. The smallest absolute Gasteiger partial charge is 0.410 e. The summed E-state index contributed by atoms with van der Waals surface area (Å²) >= 11 is 0. The average molecular weight is 283 g/mol. The monoisotopic (exact) mass is 283 g/mol. The van der Waals surface area contributed by atoms with Gasteiger partial charge in [-0.15, -0.1) is 0 Å². The van der Waals surface area contributed by atoms with E-state index in [2.05, 4.69) is 10.6 Å². The van der Waals surface area contributed by atoms with Crippen molar-refractivity contribution in [2.24, 2.45) is 5.92 Å². The molecule has 1 amide bonds. The van der Waals surface area contributed by atoms with Crippen LogP contribution in [0, 0.1) is 5.92 Å². The van der Waals surface area contributed by atoms with E-state index in [-0.39, 0.29) is 6.09 Å². The standard InChI is InChI=1S/C15H29N3O2/c1-15(2,3)20-14(19)18-8-6-12(11-18)9-16-10-13-5-4-7-17-13/h12-13,16-17H,4-11H2,1-3H3. The van der Waals surface area contributed by atoms with E-state index in [1.807, 2.05) is 25.7 Å². The summed E-state index contributed by atoms with van der Waals surface area (Å²) in [6, 6.07) is 0.637. The van der Waals surface area contributed by atoms with E-state index in [4.69, 9.17) is 4.74 Å². The molecular formula is C15H29N3O2. The minimum atomic E-state index is -0.401. The quantitative estimate of drug-likeness (QED) is 0.822. The van der Waals surface area contributed by atoms with Gasteiger partial charge in [0.2, 0.25) is 0 Å². The van der Waals surface area contributed by atoms with Gasteiger partial charge in [0.15, 0.2) is 0 Å². The number of ether oxygens (including phenoxy) is 1. The van der Waals surface area contributed by atoms with Crippen LogP contribution in [0.25, 0.3) is 0 Å². The lowest BCUT2D eigenvalue weighted by atomic mass is 10.1. The van der Waals surface area contributed by atoms with Crippen LogP contribution in [0.4, 0.5) is 4.79 Å². The molecule has 0 radical (unpaired) electrons. The zero-order valence-corrected chi connectivity index (χ0v) is 13.1. The summed E-state index contributed by atoms with van der Waals surface area (Å²) in [6.07, 6.45) is 3.48. The maximum atomic E-state index is 12.0. The minimum absolute atomic E-state index is 0.169. The van der Waals surface area contributed by atoms with Gasteiger partial charge in [0.1, 0.15) is 5.60 Å². The van der Waals surface area contributed by atoms with Crippen molar-refractivity contribution in [2.45, 2.75) is 51.7 Å². The molecule has 2 unspecified atom stereocenters. The van der Waals surface area contributed by atoms with Gasteiger partial charge in [-0.1, -0.05) is 0 Å². The Morgan fingerprint density at radius 3 is 2.80 bits per heavy atom. The Morgan fingerprint density at radius 2 is 2.15 bits per heavy atom. The molecule has 116 valence electrons. The molecule has 0 aromatic heterocycles. The van der Waals surface area contributed by atoms with Crippen LogP contribution in [0.5, 0.6) is 0 Å². The number of nitrogens with one attached hydrogen (secondary N) is 2. The first-order valence-corrected chi connectivity index (χ1v) is 7.86. The predicted molar refractivity (Wildman–Crippen MR) is 79.8 cm³/mol. The van der Waals surface area contributed by atoms with Crippen LogP contribution in [-0.4, -0.2) is 55.4 Å². The third-order valence-corrected chi connectivity index (χ3v) is 3.92. The van der Waals surface area contributed by atoms with Crippen LogP contribution in [0.1, 0.15) is 40.0 Å².